The van der Waals surface area contributed by atoms with E-state index in [1.54, 1.807) is 6.21 Å². The first kappa shape index (κ1) is 12.9. The van der Waals surface area contributed by atoms with E-state index in [2.05, 4.69) is 9.73 Å². The summed E-state index contributed by atoms with van der Waals surface area (Å²) in [5.74, 6) is -0.410. The summed E-state index contributed by atoms with van der Waals surface area (Å²) in [4.78, 5) is 15.5. The number of carbonyl (C=O) groups excluding carboxylic acids is 1. The standard InChI is InChI=1S/C13H14N2O2/c1-17-13(16)12(8-5-9-14)15-10-11-6-3-2-4-7-11/h2-4,6-7,10,12H,5,8H2,1H3. The monoisotopic (exact) mass is 230 g/mol. The zero-order chi connectivity index (χ0) is 12.5. The van der Waals surface area contributed by atoms with E-state index in [-0.39, 0.29) is 6.42 Å². The van der Waals surface area contributed by atoms with Gasteiger partial charge in [-0.25, -0.2) is 4.79 Å². The second-order valence-corrected chi connectivity index (χ2v) is 3.42. The van der Waals surface area contributed by atoms with Gasteiger partial charge in [0.25, 0.3) is 0 Å². The number of nitrogens with zero attached hydrogens (tertiary/aromatic N) is 2. The minimum absolute atomic E-state index is 0.284. The quantitative estimate of drug-likeness (QED) is 0.573. The molecule has 4 heteroatoms. The molecule has 0 N–H and O–H groups in total. The smallest absolute Gasteiger partial charge is 0.330 e. The normalized spacial score (nSPS) is 12.0. The fraction of sp³-hybridized carbons (Fsp3) is 0.308. The molecule has 88 valence electrons. The lowest BCUT2D eigenvalue weighted by atomic mass is 10.1. The molecule has 1 rings (SSSR count). The Hall–Kier alpha value is -2.15. The van der Waals surface area contributed by atoms with Crippen LogP contribution in [0.1, 0.15) is 18.4 Å². The maximum atomic E-state index is 11.4. The summed E-state index contributed by atoms with van der Waals surface area (Å²) >= 11 is 0. The molecule has 0 aromatic heterocycles. The fourth-order valence-electron chi connectivity index (χ4n) is 1.31. The molecule has 1 aromatic carbocycles. The van der Waals surface area contributed by atoms with E-state index in [1.165, 1.54) is 7.11 Å². The van der Waals surface area contributed by atoms with Gasteiger partial charge in [0.2, 0.25) is 0 Å². The molecule has 0 saturated carbocycles. The van der Waals surface area contributed by atoms with Crippen LogP contribution >= 0.6 is 0 Å². The van der Waals surface area contributed by atoms with Crippen LogP contribution in [-0.2, 0) is 9.53 Å². The van der Waals surface area contributed by atoms with Crippen molar-refractivity contribution in [2.75, 3.05) is 7.11 Å². The van der Waals surface area contributed by atoms with Crippen LogP contribution in [0.25, 0.3) is 0 Å². The summed E-state index contributed by atoms with van der Waals surface area (Å²) in [6, 6.07) is 10.9. The summed E-state index contributed by atoms with van der Waals surface area (Å²) < 4.78 is 4.64. The van der Waals surface area contributed by atoms with E-state index in [4.69, 9.17) is 5.26 Å². The minimum atomic E-state index is -0.597. The zero-order valence-electron chi connectivity index (χ0n) is 9.67. The highest BCUT2D eigenvalue weighted by Crippen LogP contribution is 2.05. The molecule has 0 amide bonds. The summed E-state index contributed by atoms with van der Waals surface area (Å²) in [7, 11) is 1.32. The van der Waals surface area contributed by atoms with E-state index >= 15 is 0 Å². The summed E-state index contributed by atoms with van der Waals surface area (Å²) in [5.41, 5.74) is 0.915. The Labute approximate surface area is 101 Å². The molecule has 0 fully saturated rings. The SMILES string of the molecule is COC(=O)C(CCC#N)N=Cc1ccccc1. The number of methoxy groups -OCH3 is 1. The molecule has 0 bridgehead atoms. The third-order valence-corrected chi connectivity index (χ3v) is 2.21. The number of hydrogen-bond donors (Lipinski definition) is 0. The van der Waals surface area contributed by atoms with Gasteiger partial charge in [0, 0.05) is 12.6 Å². The van der Waals surface area contributed by atoms with Crippen LogP contribution in [-0.4, -0.2) is 25.3 Å². The first-order valence-electron chi connectivity index (χ1n) is 5.31. The van der Waals surface area contributed by atoms with Crippen molar-refractivity contribution in [3.63, 3.8) is 0 Å². The largest absolute Gasteiger partial charge is 0.467 e. The number of nitriles is 1. The number of ether oxygens (including phenoxy) is 1. The lowest BCUT2D eigenvalue weighted by Crippen LogP contribution is -2.20. The third kappa shape index (κ3) is 4.47. The third-order valence-electron chi connectivity index (χ3n) is 2.21. The Balaban J connectivity index is 2.69. The van der Waals surface area contributed by atoms with Crippen molar-refractivity contribution in [3.05, 3.63) is 35.9 Å². The van der Waals surface area contributed by atoms with E-state index in [9.17, 15) is 4.79 Å². The zero-order valence-corrected chi connectivity index (χ0v) is 9.67. The Kier molecular flexibility index (Phi) is 5.45. The maximum Gasteiger partial charge on any atom is 0.330 e. The highest BCUT2D eigenvalue weighted by molar-refractivity contribution is 5.83. The molecule has 1 unspecified atom stereocenters. The highest BCUT2D eigenvalue weighted by Gasteiger charge is 2.16. The predicted octanol–water partition coefficient (Wildman–Crippen LogP) is 1.95. The number of carbonyl (C=O) groups is 1. The van der Waals surface area contributed by atoms with Crippen LogP contribution in [0.5, 0.6) is 0 Å². The molecule has 0 spiro atoms. The number of aliphatic imine (C=N–C) groups is 1. The molecular weight excluding hydrogens is 216 g/mol. The van der Waals surface area contributed by atoms with Gasteiger partial charge in [0.05, 0.1) is 13.2 Å². The van der Waals surface area contributed by atoms with E-state index < -0.39 is 12.0 Å². The van der Waals surface area contributed by atoms with Crippen molar-refractivity contribution < 1.29 is 9.53 Å². The van der Waals surface area contributed by atoms with Crippen molar-refractivity contribution in [1.29, 1.82) is 5.26 Å². The van der Waals surface area contributed by atoms with Crippen LogP contribution in [0, 0.1) is 11.3 Å². The number of hydrogen-bond acceptors (Lipinski definition) is 4. The van der Waals surface area contributed by atoms with Crippen molar-refractivity contribution >= 4 is 12.2 Å². The molecule has 1 aromatic rings. The number of benzene rings is 1. The molecule has 4 nitrogen and oxygen atoms in total. The molecule has 17 heavy (non-hydrogen) atoms. The average Bonchev–Trinajstić information content (AvgIpc) is 2.39. The summed E-state index contributed by atoms with van der Waals surface area (Å²) in [6.45, 7) is 0. The number of rotatable bonds is 5. The van der Waals surface area contributed by atoms with Crippen molar-refractivity contribution in [2.24, 2.45) is 4.99 Å². The fourth-order valence-corrected chi connectivity index (χ4v) is 1.31. The Bertz CT molecular complexity index is 421. The van der Waals surface area contributed by atoms with Gasteiger partial charge in [-0.05, 0) is 12.0 Å². The van der Waals surface area contributed by atoms with Gasteiger partial charge in [-0.3, -0.25) is 4.99 Å². The molecule has 0 saturated heterocycles. The maximum absolute atomic E-state index is 11.4. The van der Waals surface area contributed by atoms with Gasteiger partial charge in [-0.15, -0.1) is 0 Å². The van der Waals surface area contributed by atoms with Crippen LogP contribution in [0.2, 0.25) is 0 Å². The highest BCUT2D eigenvalue weighted by atomic mass is 16.5. The van der Waals surface area contributed by atoms with Crippen molar-refractivity contribution in [1.82, 2.24) is 0 Å². The van der Waals surface area contributed by atoms with E-state index in [0.717, 1.165) is 5.56 Å². The Morgan fingerprint density at radius 2 is 2.24 bits per heavy atom. The van der Waals surface area contributed by atoms with Gasteiger partial charge in [0.1, 0.15) is 6.04 Å². The number of esters is 1. The van der Waals surface area contributed by atoms with Gasteiger partial charge < -0.3 is 4.74 Å². The molecule has 1 atom stereocenters. The van der Waals surface area contributed by atoms with Crippen LogP contribution < -0.4 is 0 Å². The average molecular weight is 230 g/mol. The molecule has 0 heterocycles. The predicted molar refractivity (Wildman–Crippen MR) is 64.7 cm³/mol. The van der Waals surface area contributed by atoms with E-state index in [1.807, 2.05) is 36.4 Å². The van der Waals surface area contributed by atoms with Crippen molar-refractivity contribution in [3.8, 4) is 6.07 Å². The minimum Gasteiger partial charge on any atom is -0.467 e. The lowest BCUT2D eigenvalue weighted by Gasteiger charge is -2.07. The van der Waals surface area contributed by atoms with E-state index in [0.29, 0.717) is 6.42 Å². The second-order valence-electron chi connectivity index (χ2n) is 3.42. The molecule has 0 aliphatic rings. The molecule has 0 radical (unpaired) electrons. The van der Waals surface area contributed by atoms with Crippen LogP contribution in [0.3, 0.4) is 0 Å². The molecule has 0 aliphatic carbocycles. The molecule has 0 aliphatic heterocycles. The van der Waals surface area contributed by atoms with Gasteiger partial charge in [0.15, 0.2) is 0 Å². The van der Waals surface area contributed by atoms with Gasteiger partial charge in [-0.1, -0.05) is 30.3 Å². The van der Waals surface area contributed by atoms with Crippen molar-refractivity contribution in [2.45, 2.75) is 18.9 Å². The summed E-state index contributed by atoms with van der Waals surface area (Å²) in [5, 5.41) is 8.50. The first-order valence-corrected chi connectivity index (χ1v) is 5.31. The van der Waals surface area contributed by atoms with Gasteiger partial charge >= 0.3 is 5.97 Å². The Morgan fingerprint density at radius 1 is 1.53 bits per heavy atom. The topological polar surface area (TPSA) is 62.5 Å². The first-order chi connectivity index (χ1) is 8.27. The summed E-state index contributed by atoms with van der Waals surface area (Å²) in [6.07, 6.45) is 2.29. The van der Waals surface area contributed by atoms with Crippen LogP contribution in [0.4, 0.5) is 0 Å². The van der Waals surface area contributed by atoms with Crippen LogP contribution in [0.15, 0.2) is 35.3 Å². The van der Waals surface area contributed by atoms with Gasteiger partial charge in [-0.2, -0.15) is 5.26 Å². The lowest BCUT2D eigenvalue weighted by molar-refractivity contribution is -0.142. The molecular formula is C13H14N2O2. The second kappa shape index (κ2) is 7.18. The Morgan fingerprint density at radius 3 is 2.82 bits per heavy atom.